The van der Waals surface area contributed by atoms with Crippen LogP contribution in [0.3, 0.4) is 0 Å². The number of hydrogen-bond acceptors (Lipinski definition) is 1. The van der Waals surface area contributed by atoms with Crippen LogP contribution in [0.5, 0.6) is 0 Å². The normalized spacial score (nSPS) is 11.8. The molecule has 126 valence electrons. The van der Waals surface area contributed by atoms with E-state index in [4.69, 9.17) is 0 Å². The molecule has 1 amide bonds. The van der Waals surface area contributed by atoms with Gasteiger partial charge in [0.15, 0.2) is 0 Å². The van der Waals surface area contributed by atoms with Crippen LogP contribution >= 0.6 is 0 Å². The Morgan fingerprint density at radius 2 is 1.68 bits per heavy atom. The summed E-state index contributed by atoms with van der Waals surface area (Å²) < 4.78 is 27.7. The zero-order chi connectivity index (χ0) is 17.8. The molecule has 0 aliphatic rings. The van der Waals surface area contributed by atoms with E-state index in [1.54, 1.807) is 25.1 Å². The van der Waals surface area contributed by atoms with E-state index in [0.717, 1.165) is 5.56 Å². The summed E-state index contributed by atoms with van der Waals surface area (Å²) in [4.78, 5) is 12.3. The number of amides is 1. The zero-order valence-corrected chi connectivity index (χ0v) is 13.7. The van der Waals surface area contributed by atoms with Crippen molar-refractivity contribution >= 4 is 11.6 Å². The molecule has 0 radical (unpaired) electrons. The topological polar surface area (TPSA) is 29.1 Å². The first-order valence-electron chi connectivity index (χ1n) is 7.96. The van der Waals surface area contributed by atoms with Crippen LogP contribution in [0, 0.1) is 11.6 Å². The summed E-state index contributed by atoms with van der Waals surface area (Å²) in [5, 5.41) is 2.65. The SMILES string of the molecule is CC(C(=O)Nc1cccc(F)c1)c1ccc(-c2ccccc2)c(F)c1. The van der Waals surface area contributed by atoms with Crippen LogP contribution in [0.15, 0.2) is 72.8 Å². The summed E-state index contributed by atoms with van der Waals surface area (Å²) >= 11 is 0. The van der Waals surface area contributed by atoms with Crippen molar-refractivity contribution in [3.63, 3.8) is 0 Å². The second-order valence-corrected chi connectivity index (χ2v) is 5.83. The van der Waals surface area contributed by atoms with E-state index in [0.29, 0.717) is 16.8 Å². The molecule has 25 heavy (non-hydrogen) atoms. The zero-order valence-electron chi connectivity index (χ0n) is 13.7. The summed E-state index contributed by atoms with van der Waals surface area (Å²) in [6.07, 6.45) is 0. The number of carbonyl (C=O) groups is 1. The maximum Gasteiger partial charge on any atom is 0.231 e. The lowest BCUT2D eigenvalue weighted by Gasteiger charge is -2.14. The van der Waals surface area contributed by atoms with Crippen LogP contribution in [0.25, 0.3) is 11.1 Å². The minimum absolute atomic E-state index is 0.322. The van der Waals surface area contributed by atoms with Gasteiger partial charge >= 0.3 is 0 Å². The van der Waals surface area contributed by atoms with E-state index in [1.807, 2.05) is 30.3 Å². The van der Waals surface area contributed by atoms with Crippen LogP contribution < -0.4 is 5.32 Å². The molecule has 0 fully saturated rings. The third-order valence-corrected chi connectivity index (χ3v) is 4.06. The van der Waals surface area contributed by atoms with Crippen LogP contribution in [0.1, 0.15) is 18.4 Å². The lowest BCUT2D eigenvalue weighted by Crippen LogP contribution is -2.19. The average molecular weight is 337 g/mol. The van der Waals surface area contributed by atoms with Gasteiger partial charge in [0.05, 0.1) is 5.92 Å². The second-order valence-electron chi connectivity index (χ2n) is 5.83. The van der Waals surface area contributed by atoms with Gasteiger partial charge in [0.2, 0.25) is 5.91 Å². The molecule has 0 saturated heterocycles. The standard InChI is InChI=1S/C21H17F2NO/c1-14(21(25)24-18-9-5-8-17(22)13-18)16-10-11-19(20(23)12-16)15-6-3-2-4-7-15/h2-14H,1H3,(H,24,25). The molecule has 0 heterocycles. The van der Waals surface area contributed by atoms with Crippen molar-refractivity contribution in [2.24, 2.45) is 0 Å². The predicted molar refractivity (Wildman–Crippen MR) is 95.3 cm³/mol. The fourth-order valence-electron chi connectivity index (χ4n) is 2.62. The third kappa shape index (κ3) is 3.91. The van der Waals surface area contributed by atoms with E-state index in [2.05, 4.69) is 5.32 Å². The number of benzene rings is 3. The average Bonchev–Trinajstić information content (AvgIpc) is 2.61. The number of anilines is 1. The van der Waals surface area contributed by atoms with Crippen molar-refractivity contribution in [1.82, 2.24) is 0 Å². The largest absolute Gasteiger partial charge is 0.325 e. The molecule has 0 saturated carbocycles. The molecule has 0 aliphatic carbocycles. The number of nitrogens with one attached hydrogen (secondary N) is 1. The molecule has 0 bridgehead atoms. The van der Waals surface area contributed by atoms with Crippen LogP contribution in [-0.4, -0.2) is 5.91 Å². The number of halogens is 2. The van der Waals surface area contributed by atoms with Gasteiger partial charge in [-0.25, -0.2) is 8.78 Å². The quantitative estimate of drug-likeness (QED) is 0.681. The maximum atomic E-state index is 14.5. The lowest BCUT2D eigenvalue weighted by atomic mass is 9.96. The Bertz CT molecular complexity index is 893. The molecule has 1 unspecified atom stereocenters. The molecule has 1 N–H and O–H groups in total. The molecule has 3 aromatic rings. The van der Waals surface area contributed by atoms with E-state index in [1.165, 1.54) is 24.3 Å². The predicted octanol–water partition coefficient (Wildman–Crippen LogP) is 5.37. The molecule has 4 heteroatoms. The van der Waals surface area contributed by atoms with Gasteiger partial charge in [0.25, 0.3) is 0 Å². The Balaban J connectivity index is 1.79. The summed E-state index contributed by atoms with van der Waals surface area (Å²) in [5.41, 5.74) is 2.20. The van der Waals surface area contributed by atoms with E-state index in [9.17, 15) is 13.6 Å². The molecule has 1 atom stereocenters. The Labute approximate surface area is 145 Å². The molecule has 0 aromatic heterocycles. The van der Waals surface area contributed by atoms with Gasteiger partial charge in [0, 0.05) is 11.3 Å². The van der Waals surface area contributed by atoms with Gasteiger partial charge < -0.3 is 5.32 Å². The summed E-state index contributed by atoms with van der Waals surface area (Å²) in [7, 11) is 0. The van der Waals surface area contributed by atoms with Gasteiger partial charge in [-0.05, 0) is 42.3 Å². The summed E-state index contributed by atoms with van der Waals surface area (Å²) in [5.74, 6) is -1.70. The van der Waals surface area contributed by atoms with Crippen molar-refractivity contribution in [2.75, 3.05) is 5.32 Å². The number of carbonyl (C=O) groups excluding carboxylic acids is 1. The fourth-order valence-corrected chi connectivity index (χ4v) is 2.62. The van der Waals surface area contributed by atoms with Crippen molar-refractivity contribution in [3.05, 3.63) is 90.0 Å². The van der Waals surface area contributed by atoms with Gasteiger partial charge in [-0.1, -0.05) is 48.5 Å². The molecular weight excluding hydrogens is 320 g/mol. The minimum atomic E-state index is -0.567. The van der Waals surface area contributed by atoms with E-state index < -0.39 is 11.7 Å². The highest BCUT2D eigenvalue weighted by Crippen LogP contribution is 2.27. The number of rotatable bonds is 4. The van der Waals surface area contributed by atoms with Crippen molar-refractivity contribution in [2.45, 2.75) is 12.8 Å². The Kier molecular flexibility index (Phi) is 4.89. The number of hydrogen-bond donors (Lipinski definition) is 1. The Morgan fingerprint density at radius 3 is 2.36 bits per heavy atom. The molecular formula is C21H17F2NO. The first-order valence-corrected chi connectivity index (χ1v) is 7.96. The van der Waals surface area contributed by atoms with Gasteiger partial charge in [0.1, 0.15) is 11.6 Å². The third-order valence-electron chi connectivity index (χ3n) is 4.06. The molecule has 3 rings (SSSR count). The monoisotopic (exact) mass is 337 g/mol. The Morgan fingerprint density at radius 1 is 0.920 bits per heavy atom. The highest BCUT2D eigenvalue weighted by Gasteiger charge is 2.17. The van der Waals surface area contributed by atoms with Crippen molar-refractivity contribution < 1.29 is 13.6 Å². The van der Waals surface area contributed by atoms with Crippen LogP contribution in [0.2, 0.25) is 0 Å². The minimum Gasteiger partial charge on any atom is -0.325 e. The summed E-state index contributed by atoms with van der Waals surface area (Å²) in [6.45, 7) is 1.69. The highest BCUT2D eigenvalue weighted by molar-refractivity contribution is 5.95. The van der Waals surface area contributed by atoms with Crippen LogP contribution in [0.4, 0.5) is 14.5 Å². The maximum absolute atomic E-state index is 14.5. The van der Waals surface area contributed by atoms with Gasteiger partial charge in [-0.3, -0.25) is 4.79 Å². The molecule has 0 aliphatic heterocycles. The molecule has 3 aromatic carbocycles. The molecule has 2 nitrogen and oxygen atoms in total. The second kappa shape index (κ2) is 7.26. The summed E-state index contributed by atoms with van der Waals surface area (Å²) in [6, 6.07) is 19.7. The van der Waals surface area contributed by atoms with Crippen molar-refractivity contribution in [3.8, 4) is 11.1 Å². The van der Waals surface area contributed by atoms with E-state index in [-0.39, 0.29) is 11.7 Å². The first kappa shape index (κ1) is 16.8. The van der Waals surface area contributed by atoms with Gasteiger partial charge in [-0.2, -0.15) is 0 Å². The highest BCUT2D eigenvalue weighted by atomic mass is 19.1. The van der Waals surface area contributed by atoms with Gasteiger partial charge in [-0.15, -0.1) is 0 Å². The smallest absolute Gasteiger partial charge is 0.231 e. The van der Waals surface area contributed by atoms with E-state index >= 15 is 0 Å². The lowest BCUT2D eigenvalue weighted by molar-refractivity contribution is -0.117. The van der Waals surface area contributed by atoms with Crippen molar-refractivity contribution in [1.29, 1.82) is 0 Å². The van der Waals surface area contributed by atoms with Crippen LogP contribution in [-0.2, 0) is 4.79 Å². The Hall–Kier alpha value is -3.01. The molecule has 0 spiro atoms. The first-order chi connectivity index (χ1) is 12.0. The fraction of sp³-hybridized carbons (Fsp3) is 0.0952.